The van der Waals surface area contributed by atoms with Crippen LogP contribution in [0, 0.1) is 0 Å². The van der Waals surface area contributed by atoms with E-state index in [1.807, 2.05) is 24.3 Å². The average Bonchev–Trinajstić information content (AvgIpc) is 2.27. The number of rotatable bonds is 3. The first-order chi connectivity index (χ1) is 8.54. The van der Waals surface area contributed by atoms with E-state index in [0.717, 1.165) is 11.3 Å². The van der Waals surface area contributed by atoms with Gasteiger partial charge in [-0.15, -0.1) is 0 Å². The Hall–Kier alpha value is -1.95. The van der Waals surface area contributed by atoms with Gasteiger partial charge < -0.3 is 17.2 Å². The summed E-state index contributed by atoms with van der Waals surface area (Å²) in [7, 11) is 0. The maximum absolute atomic E-state index is 5.76. The molecular weight excluding hydrogens is 246 g/mol. The summed E-state index contributed by atoms with van der Waals surface area (Å²) in [6.07, 6.45) is 0. The second kappa shape index (κ2) is 5.14. The molecule has 0 bridgehead atoms. The smallest absolute Gasteiger partial charge is 0.192 e. The molecule has 1 atom stereocenters. The molecule has 0 spiro atoms. The van der Waals surface area contributed by atoms with E-state index in [1.54, 1.807) is 0 Å². The van der Waals surface area contributed by atoms with Gasteiger partial charge in [-0.3, -0.25) is 0 Å². The average molecular weight is 261 g/mol. The molecule has 6 heteroatoms. The van der Waals surface area contributed by atoms with Crippen LogP contribution in [-0.4, -0.2) is 9.97 Å². The summed E-state index contributed by atoms with van der Waals surface area (Å²) >= 11 is 1.50. The molecule has 2 rings (SSSR count). The first kappa shape index (κ1) is 12.5. The molecule has 1 unspecified atom stereocenters. The summed E-state index contributed by atoms with van der Waals surface area (Å²) in [5.41, 5.74) is 18.9. The third-order valence-electron chi connectivity index (χ3n) is 2.41. The Morgan fingerprint density at radius 3 is 2.33 bits per heavy atom. The number of benzene rings is 1. The minimum Gasteiger partial charge on any atom is -0.399 e. The Bertz CT molecular complexity index is 538. The molecule has 0 amide bonds. The van der Waals surface area contributed by atoms with Crippen molar-refractivity contribution in [2.45, 2.75) is 17.3 Å². The van der Waals surface area contributed by atoms with Crippen molar-refractivity contribution in [2.24, 2.45) is 0 Å². The Labute approximate surface area is 110 Å². The normalized spacial score (nSPS) is 12.3. The van der Waals surface area contributed by atoms with Gasteiger partial charge in [0.1, 0.15) is 11.6 Å². The summed E-state index contributed by atoms with van der Waals surface area (Å²) in [6, 6.07) is 9.28. The highest BCUT2D eigenvalue weighted by atomic mass is 32.2. The van der Waals surface area contributed by atoms with Gasteiger partial charge in [0, 0.05) is 17.0 Å². The predicted molar refractivity (Wildman–Crippen MR) is 76.0 cm³/mol. The summed E-state index contributed by atoms with van der Waals surface area (Å²) in [5, 5.41) is 0.747. The Balaban J connectivity index is 2.18. The van der Waals surface area contributed by atoms with Crippen LogP contribution in [0.25, 0.3) is 0 Å². The Morgan fingerprint density at radius 2 is 1.72 bits per heavy atom. The van der Waals surface area contributed by atoms with Crippen molar-refractivity contribution in [2.75, 3.05) is 17.2 Å². The van der Waals surface area contributed by atoms with Crippen LogP contribution < -0.4 is 17.2 Å². The molecule has 0 fully saturated rings. The summed E-state index contributed by atoms with van der Waals surface area (Å²) in [5.74, 6) is 0.759. The molecule has 18 heavy (non-hydrogen) atoms. The van der Waals surface area contributed by atoms with Crippen molar-refractivity contribution in [1.82, 2.24) is 9.97 Å². The van der Waals surface area contributed by atoms with Gasteiger partial charge in [-0.1, -0.05) is 23.9 Å². The third-order valence-corrected chi connectivity index (χ3v) is 3.43. The monoisotopic (exact) mass is 261 g/mol. The number of hydrogen-bond donors (Lipinski definition) is 3. The quantitative estimate of drug-likeness (QED) is 0.444. The highest BCUT2D eigenvalue weighted by molar-refractivity contribution is 7.99. The van der Waals surface area contributed by atoms with Crippen LogP contribution in [0.2, 0.25) is 0 Å². The number of nitrogen functional groups attached to an aromatic ring is 3. The van der Waals surface area contributed by atoms with Crippen molar-refractivity contribution in [3.8, 4) is 0 Å². The zero-order valence-electron chi connectivity index (χ0n) is 10.00. The lowest BCUT2D eigenvalue weighted by molar-refractivity contribution is 0.967. The maximum atomic E-state index is 5.76. The minimum absolute atomic E-state index is 0.176. The molecule has 6 N–H and O–H groups in total. The molecule has 0 aliphatic rings. The van der Waals surface area contributed by atoms with E-state index in [1.165, 1.54) is 17.8 Å². The number of aromatic nitrogens is 2. The van der Waals surface area contributed by atoms with Gasteiger partial charge in [0.25, 0.3) is 0 Å². The molecule has 0 aliphatic heterocycles. The van der Waals surface area contributed by atoms with Gasteiger partial charge in [-0.05, 0) is 24.6 Å². The summed E-state index contributed by atoms with van der Waals surface area (Å²) in [4.78, 5) is 8.28. The molecule has 1 aromatic heterocycles. The Morgan fingerprint density at radius 1 is 1.06 bits per heavy atom. The highest BCUT2D eigenvalue weighted by Crippen LogP contribution is 2.33. The van der Waals surface area contributed by atoms with E-state index in [-0.39, 0.29) is 5.25 Å². The lowest BCUT2D eigenvalue weighted by Gasteiger charge is -2.11. The van der Waals surface area contributed by atoms with E-state index >= 15 is 0 Å². The van der Waals surface area contributed by atoms with Crippen LogP contribution in [0.1, 0.15) is 17.7 Å². The van der Waals surface area contributed by atoms with Gasteiger partial charge in [-0.25, -0.2) is 9.97 Å². The SMILES string of the molecule is CC(Sc1nc(N)cc(N)n1)c1cccc(N)c1. The second-order valence-electron chi connectivity index (χ2n) is 3.93. The number of nitrogens with zero attached hydrogens (tertiary/aromatic N) is 2. The first-order valence-electron chi connectivity index (χ1n) is 5.47. The third kappa shape index (κ3) is 3.04. The topological polar surface area (TPSA) is 104 Å². The predicted octanol–water partition coefficient (Wildman–Crippen LogP) is 2.08. The fourth-order valence-electron chi connectivity index (χ4n) is 1.55. The van der Waals surface area contributed by atoms with Crippen molar-refractivity contribution in [3.63, 3.8) is 0 Å². The first-order valence-corrected chi connectivity index (χ1v) is 6.34. The van der Waals surface area contributed by atoms with E-state index < -0.39 is 0 Å². The minimum atomic E-state index is 0.176. The largest absolute Gasteiger partial charge is 0.399 e. The molecule has 0 saturated carbocycles. The molecule has 0 radical (unpaired) electrons. The van der Waals surface area contributed by atoms with Crippen LogP contribution in [0.5, 0.6) is 0 Å². The van der Waals surface area contributed by atoms with Crippen LogP contribution in [-0.2, 0) is 0 Å². The summed E-state index contributed by atoms with van der Waals surface area (Å²) < 4.78 is 0. The zero-order valence-corrected chi connectivity index (χ0v) is 10.8. The number of thioether (sulfide) groups is 1. The number of hydrogen-bond acceptors (Lipinski definition) is 6. The van der Waals surface area contributed by atoms with Gasteiger partial charge >= 0.3 is 0 Å². The molecule has 94 valence electrons. The molecule has 0 aliphatic carbocycles. The van der Waals surface area contributed by atoms with Crippen LogP contribution >= 0.6 is 11.8 Å². The molecule has 2 aromatic rings. The van der Waals surface area contributed by atoms with Crippen molar-refractivity contribution in [3.05, 3.63) is 35.9 Å². The fraction of sp³-hybridized carbons (Fsp3) is 0.167. The standard InChI is InChI=1S/C12H15N5S/c1-7(8-3-2-4-9(13)5-8)18-12-16-10(14)6-11(15)17-12/h2-7H,13H2,1H3,(H4,14,15,16,17). The summed E-state index contributed by atoms with van der Waals surface area (Å²) in [6.45, 7) is 2.06. The van der Waals surface area contributed by atoms with Gasteiger partial charge in [0.05, 0.1) is 0 Å². The van der Waals surface area contributed by atoms with E-state index in [9.17, 15) is 0 Å². The highest BCUT2D eigenvalue weighted by Gasteiger charge is 2.10. The zero-order chi connectivity index (χ0) is 13.1. The van der Waals surface area contributed by atoms with Crippen LogP contribution in [0.15, 0.2) is 35.5 Å². The van der Waals surface area contributed by atoms with E-state index in [4.69, 9.17) is 17.2 Å². The molecule has 5 nitrogen and oxygen atoms in total. The number of anilines is 3. The van der Waals surface area contributed by atoms with Gasteiger partial charge in [0.15, 0.2) is 5.16 Å². The van der Waals surface area contributed by atoms with Crippen LogP contribution in [0.3, 0.4) is 0 Å². The van der Waals surface area contributed by atoms with Gasteiger partial charge in [-0.2, -0.15) is 0 Å². The van der Waals surface area contributed by atoms with Gasteiger partial charge in [0.2, 0.25) is 0 Å². The molecule has 1 aromatic carbocycles. The fourth-order valence-corrected chi connectivity index (χ4v) is 2.47. The van der Waals surface area contributed by atoms with E-state index in [0.29, 0.717) is 16.8 Å². The van der Waals surface area contributed by atoms with Crippen LogP contribution in [0.4, 0.5) is 17.3 Å². The Kier molecular flexibility index (Phi) is 3.57. The molecule has 1 heterocycles. The molecular formula is C12H15N5S. The lowest BCUT2D eigenvalue weighted by atomic mass is 10.1. The second-order valence-corrected chi connectivity index (χ2v) is 5.24. The number of nitrogens with two attached hydrogens (primary N) is 3. The van der Waals surface area contributed by atoms with Crippen molar-refractivity contribution in [1.29, 1.82) is 0 Å². The molecule has 0 saturated heterocycles. The van der Waals surface area contributed by atoms with Crippen molar-refractivity contribution < 1.29 is 0 Å². The van der Waals surface area contributed by atoms with Crippen molar-refractivity contribution >= 4 is 29.1 Å². The maximum Gasteiger partial charge on any atom is 0.192 e. The lowest BCUT2D eigenvalue weighted by Crippen LogP contribution is -2.00. The van der Waals surface area contributed by atoms with E-state index in [2.05, 4.69) is 16.9 Å².